The molecule has 0 unspecified atom stereocenters. The second-order valence-corrected chi connectivity index (χ2v) is 5.98. The summed E-state index contributed by atoms with van der Waals surface area (Å²) < 4.78 is 19.8. The van der Waals surface area contributed by atoms with Gasteiger partial charge in [0.1, 0.15) is 11.5 Å². The van der Waals surface area contributed by atoms with Crippen LogP contribution in [0, 0.1) is 5.82 Å². The van der Waals surface area contributed by atoms with Gasteiger partial charge in [-0.2, -0.15) is 0 Å². The Hall–Kier alpha value is -2.54. The molecule has 0 aliphatic rings. The Morgan fingerprint density at radius 1 is 1.22 bits per heavy atom. The molecular weight excluding hydrogens is 363 g/mol. The average Bonchev–Trinajstić information content (AvgIpc) is 3.13. The molecule has 0 atom stereocenters. The van der Waals surface area contributed by atoms with Crippen molar-refractivity contribution >= 4 is 27.0 Å². The van der Waals surface area contributed by atoms with Crippen LogP contribution in [0.4, 0.5) is 4.39 Å². The molecule has 0 saturated heterocycles. The van der Waals surface area contributed by atoms with Gasteiger partial charge in [0.2, 0.25) is 11.8 Å². The Balaban J connectivity index is 1.68. The summed E-state index contributed by atoms with van der Waals surface area (Å²) in [6.07, 6.45) is 3.88. The minimum Gasteiger partial charge on any atom is -0.420 e. The molecule has 3 aromatic heterocycles. The number of pyridine rings is 1. The lowest BCUT2D eigenvalue weighted by Crippen LogP contribution is -1.89. The number of nitrogens with one attached hydrogen (secondary N) is 1. The summed E-state index contributed by atoms with van der Waals surface area (Å²) in [6, 6.07) is 8.27. The van der Waals surface area contributed by atoms with Gasteiger partial charge in [0.15, 0.2) is 0 Å². The largest absolute Gasteiger partial charge is 0.420 e. The SMILES string of the molecule is Fc1cccc(Cc2nnc(-c3c[nH]c4ncc(Br)cc34)o2)c1. The molecule has 0 fully saturated rings. The number of hydrogen-bond acceptors (Lipinski definition) is 4. The molecule has 7 heteroatoms. The lowest BCUT2D eigenvalue weighted by molar-refractivity contribution is 0.518. The summed E-state index contributed by atoms with van der Waals surface area (Å²) in [7, 11) is 0. The van der Waals surface area contributed by atoms with Crippen LogP contribution < -0.4 is 0 Å². The van der Waals surface area contributed by atoms with Crippen molar-refractivity contribution in [2.45, 2.75) is 6.42 Å². The van der Waals surface area contributed by atoms with E-state index in [1.165, 1.54) is 12.1 Å². The molecule has 23 heavy (non-hydrogen) atoms. The summed E-state index contributed by atoms with van der Waals surface area (Å²) in [5.74, 6) is 0.556. The van der Waals surface area contributed by atoms with Gasteiger partial charge in [-0.1, -0.05) is 12.1 Å². The van der Waals surface area contributed by atoms with E-state index < -0.39 is 0 Å². The van der Waals surface area contributed by atoms with Crippen LogP contribution in [0.3, 0.4) is 0 Å². The van der Waals surface area contributed by atoms with Gasteiger partial charge in [-0.15, -0.1) is 10.2 Å². The van der Waals surface area contributed by atoms with Crippen LogP contribution in [0.1, 0.15) is 11.5 Å². The Morgan fingerprint density at radius 3 is 3.00 bits per heavy atom. The fraction of sp³-hybridized carbons (Fsp3) is 0.0625. The van der Waals surface area contributed by atoms with Crippen molar-refractivity contribution in [3.8, 4) is 11.5 Å². The van der Waals surface area contributed by atoms with Crippen LogP contribution in [0.25, 0.3) is 22.5 Å². The number of benzene rings is 1. The van der Waals surface area contributed by atoms with Gasteiger partial charge in [0.05, 0.1) is 12.0 Å². The molecule has 0 amide bonds. The topological polar surface area (TPSA) is 67.6 Å². The zero-order valence-corrected chi connectivity index (χ0v) is 13.3. The van der Waals surface area contributed by atoms with E-state index in [4.69, 9.17) is 4.42 Å². The molecule has 0 spiro atoms. The van der Waals surface area contributed by atoms with Crippen LogP contribution >= 0.6 is 15.9 Å². The Morgan fingerprint density at radius 2 is 2.13 bits per heavy atom. The summed E-state index contributed by atoms with van der Waals surface area (Å²) in [4.78, 5) is 7.35. The summed E-state index contributed by atoms with van der Waals surface area (Å²) in [5, 5.41) is 9.01. The summed E-state index contributed by atoms with van der Waals surface area (Å²) >= 11 is 3.40. The first kappa shape index (κ1) is 14.1. The van der Waals surface area contributed by atoms with E-state index in [2.05, 4.69) is 36.1 Å². The number of fused-ring (bicyclic) bond motifs is 1. The summed E-state index contributed by atoms with van der Waals surface area (Å²) in [5.41, 5.74) is 2.31. The molecule has 0 saturated carbocycles. The molecule has 0 bridgehead atoms. The molecule has 114 valence electrons. The quantitative estimate of drug-likeness (QED) is 0.587. The normalized spacial score (nSPS) is 11.2. The van der Waals surface area contributed by atoms with Crippen molar-refractivity contribution in [2.75, 3.05) is 0 Å². The molecule has 1 N–H and O–H groups in total. The zero-order valence-electron chi connectivity index (χ0n) is 11.8. The molecule has 0 radical (unpaired) electrons. The van der Waals surface area contributed by atoms with Gasteiger partial charge in [-0.05, 0) is 39.7 Å². The van der Waals surface area contributed by atoms with Crippen molar-refractivity contribution in [1.29, 1.82) is 0 Å². The van der Waals surface area contributed by atoms with Gasteiger partial charge >= 0.3 is 0 Å². The number of rotatable bonds is 3. The molecule has 3 heterocycles. The summed E-state index contributed by atoms with van der Waals surface area (Å²) in [6.45, 7) is 0. The van der Waals surface area contributed by atoms with E-state index in [0.717, 1.165) is 26.6 Å². The number of aromatic amines is 1. The number of H-pyrrole nitrogens is 1. The monoisotopic (exact) mass is 372 g/mol. The predicted molar refractivity (Wildman–Crippen MR) is 86.3 cm³/mol. The van der Waals surface area contributed by atoms with Crippen molar-refractivity contribution in [3.05, 3.63) is 64.5 Å². The fourth-order valence-corrected chi connectivity index (χ4v) is 2.74. The minimum atomic E-state index is -0.283. The van der Waals surface area contributed by atoms with Crippen LogP contribution in [0.15, 0.2) is 51.6 Å². The highest BCUT2D eigenvalue weighted by molar-refractivity contribution is 9.10. The Bertz CT molecular complexity index is 995. The number of hydrogen-bond donors (Lipinski definition) is 1. The first-order chi connectivity index (χ1) is 11.2. The second-order valence-electron chi connectivity index (χ2n) is 5.06. The molecular formula is C16H10BrFN4O. The van der Waals surface area contributed by atoms with Crippen LogP contribution in [0.5, 0.6) is 0 Å². The number of aromatic nitrogens is 4. The second kappa shape index (κ2) is 5.58. The smallest absolute Gasteiger partial charge is 0.249 e. The first-order valence-electron chi connectivity index (χ1n) is 6.89. The lowest BCUT2D eigenvalue weighted by atomic mass is 10.1. The molecule has 4 rings (SSSR count). The Labute approximate surface area is 138 Å². The highest BCUT2D eigenvalue weighted by atomic mass is 79.9. The standard InChI is InChI=1S/C16H10BrFN4O/c17-10-6-12-13(8-20-15(12)19-7-10)16-22-21-14(23-16)5-9-2-1-3-11(18)4-9/h1-4,6-8H,5H2,(H,19,20). The van der Waals surface area contributed by atoms with E-state index in [0.29, 0.717) is 18.2 Å². The highest BCUT2D eigenvalue weighted by Crippen LogP contribution is 2.28. The number of halogens is 2. The van der Waals surface area contributed by atoms with Gasteiger partial charge in [-0.3, -0.25) is 0 Å². The molecule has 0 aliphatic carbocycles. The van der Waals surface area contributed by atoms with Crippen molar-refractivity contribution in [3.63, 3.8) is 0 Å². The maximum atomic E-state index is 13.2. The van der Waals surface area contributed by atoms with E-state index >= 15 is 0 Å². The van der Waals surface area contributed by atoms with Gasteiger partial charge < -0.3 is 9.40 Å². The van der Waals surface area contributed by atoms with E-state index in [1.54, 1.807) is 18.5 Å². The predicted octanol–water partition coefficient (Wildman–Crippen LogP) is 4.11. The zero-order chi connectivity index (χ0) is 15.8. The highest BCUT2D eigenvalue weighted by Gasteiger charge is 2.14. The van der Waals surface area contributed by atoms with Crippen molar-refractivity contribution < 1.29 is 8.81 Å². The maximum Gasteiger partial charge on any atom is 0.249 e. The third kappa shape index (κ3) is 2.75. The molecule has 4 aromatic rings. The van der Waals surface area contributed by atoms with Crippen LogP contribution in [-0.4, -0.2) is 20.2 Å². The van der Waals surface area contributed by atoms with E-state index in [1.807, 2.05) is 12.1 Å². The molecule has 0 aliphatic heterocycles. The van der Waals surface area contributed by atoms with Crippen molar-refractivity contribution in [2.24, 2.45) is 0 Å². The first-order valence-corrected chi connectivity index (χ1v) is 7.68. The van der Waals surface area contributed by atoms with Gasteiger partial charge in [-0.25, -0.2) is 9.37 Å². The van der Waals surface area contributed by atoms with E-state index in [-0.39, 0.29) is 5.82 Å². The fourth-order valence-electron chi connectivity index (χ4n) is 2.41. The molecule has 1 aromatic carbocycles. The van der Waals surface area contributed by atoms with Gasteiger partial charge in [0, 0.05) is 22.3 Å². The average molecular weight is 373 g/mol. The Kier molecular flexibility index (Phi) is 3.42. The third-order valence-corrected chi connectivity index (χ3v) is 3.87. The third-order valence-electron chi connectivity index (χ3n) is 3.44. The maximum absolute atomic E-state index is 13.2. The minimum absolute atomic E-state index is 0.283. The molecule has 5 nitrogen and oxygen atoms in total. The number of nitrogens with zero attached hydrogens (tertiary/aromatic N) is 3. The van der Waals surface area contributed by atoms with Gasteiger partial charge in [0.25, 0.3) is 0 Å². The van der Waals surface area contributed by atoms with Crippen molar-refractivity contribution in [1.82, 2.24) is 20.2 Å². The van der Waals surface area contributed by atoms with Crippen LogP contribution in [-0.2, 0) is 6.42 Å². The van der Waals surface area contributed by atoms with Crippen LogP contribution in [0.2, 0.25) is 0 Å². The lowest BCUT2D eigenvalue weighted by Gasteiger charge is -1.96. The van der Waals surface area contributed by atoms with E-state index in [9.17, 15) is 4.39 Å².